The van der Waals surface area contributed by atoms with E-state index in [1.165, 1.54) is 76.8 Å². The fourth-order valence-corrected chi connectivity index (χ4v) is 6.61. The molecule has 0 heteroatoms. The van der Waals surface area contributed by atoms with Crippen molar-refractivity contribution in [3.63, 3.8) is 0 Å². The predicted octanol–water partition coefficient (Wildman–Crippen LogP) is 11.3. The zero-order valence-corrected chi connectivity index (χ0v) is 22.3. The van der Waals surface area contributed by atoms with Gasteiger partial charge in [0.25, 0.3) is 0 Å². The van der Waals surface area contributed by atoms with E-state index in [1.54, 1.807) is 0 Å². The third kappa shape index (κ3) is 3.61. The van der Waals surface area contributed by atoms with Crippen molar-refractivity contribution in [1.82, 2.24) is 0 Å². The fourth-order valence-electron chi connectivity index (χ4n) is 6.61. The lowest BCUT2D eigenvalue weighted by molar-refractivity contribution is 1.04. The van der Waals surface area contributed by atoms with Crippen molar-refractivity contribution < 1.29 is 0 Å². The first-order valence-electron chi connectivity index (χ1n) is 14.2. The molecular weight excluding hydrogens is 480 g/mol. The van der Waals surface area contributed by atoms with Gasteiger partial charge in [0.1, 0.15) is 0 Å². The minimum absolute atomic E-state index is 1.09. The SMILES string of the molecule is C1=CC(c2cc(-c3ccccc3)c3ccc4c(-c5ccccc5)cc(-c5ccccc5)c5ccc2c3c54)=CCC1. The third-order valence-electron chi connectivity index (χ3n) is 8.46. The number of hydrogen-bond donors (Lipinski definition) is 0. The molecule has 0 radical (unpaired) electrons. The Morgan fingerprint density at radius 1 is 0.375 bits per heavy atom. The molecule has 40 heavy (non-hydrogen) atoms. The first-order valence-corrected chi connectivity index (χ1v) is 14.2. The van der Waals surface area contributed by atoms with Crippen LogP contribution in [0, 0.1) is 0 Å². The highest BCUT2D eigenvalue weighted by atomic mass is 14.2. The van der Waals surface area contributed by atoms with Gasteiger partial charge in [-0.15, -0.1) is 0 Å². The van der Waals surface area contributed by atoms with Gasteiger partial charge in [-0.3, -0.25) is 0 Å². The quantitative estimate of drug-likeness (QED) is 0.207. The number of rotatable bonds is 4. The van der Waals surface area contributed by atoms with E-state index in [2.05, 4.69) is 146 Å². The Morgan fingerprint density at radius 2 is 0.775 bits per heavy atom. The molecule has 7 aromatic rings. The Bertz CT molecular complexity index is 2000. The van der Waals surface area contributed by atoms with Crippen LogP contribution in [0.1, 0.15) is 18.4 Å². The maximum atomic E-state index is 2.43. The summed E-state index contributed by atoms with van der Waals surface area (Å²) in [6.45, 7) is 0. The van der Waals surface area contributed by atoms with Crippen molar-refractivity contribution in [3.8, 4) is 33.4 Å². The molecule has 0 heterocycles. The number of allylic oxidation sites excluding steroid dienone is 4. The molecule has 0 aromatic heterocycles. The molecule has 0 nitrogen and oxygen atoms in total. The van der Waals surface area contributed by atoms with E-state index in [0.29, 0.717) is 0 Å². The van der Waals surface area contributed by atoms with Crippen molar-refractivity contribution in [2.45, 2.75) is 12.8 Å². The Hall–Kier alpha value is -4.94. The van der Waals surface area contributed by atoms with Crippen LogP contribution in [0.15, 0.2) is 146 Å². The maximum Gasteiger partial charge on any atom is -0.00139 e. The fraction of sp³-hybridized carbons (Fsp3) is 0.0500. The molecule has 1 aliphatic carbocycles. The van der Waals surface area contributed by atoms with Gasteiger partial charge in [-0.25, -0.2) is 0 Å². The molecule has 1 aliphatic rings. The molecule has 0 atom stereocenters. The second kappa shape index (κ2) is 9.36. The van der Waals surface area contributed by atoms with Crippen LogP contribution in [0.4, 0.5) is 0 Å². The van der Waals surface area contributed by atoms with Crippen LogP contribution in [-0.2, 0) is 0 Å². The van der Waals surface area contributed by atoms with E-state index < -0.39 is 0 Å². The van der Waals surface area contributed by atoms with E-state index in [-0.39, 0.29) is 0 Å². The van der Waals surface area contributed by atoms with Gasteiger partial charge in [0.15, 0.2) is 0 Å². The smallest absolute Gasteiger partial charge is 0.00139 e. The molecule has 0 N–H and O–H groups in total. The van der Waals surface area contributed by atoms with Crippen molar-refractivity contribution in [2.24, 2.45) is 0 Å². The van der Waals surface area contributed by atoms with Crippen molar-refractivity contribution in [2.75, 3.05) is 0 Å². The summed E-state index contributed by atoms with van der Waals surface area (Å²) in [5.41, 5.74) is 10.3. The van der Waals surface area contributed by atoms with Crippen LogP contribution >= 0.6 is 0 Å². The van der Waals surface area contributed by atoms with Crippen molar-refractivity contribution in [1.29, 1.82) is 0 Å². The van der Waals surface area contributed by atoms with E-state index >= 15 is 0 Å². The van der Waals surface area contributed by atoms with Gasteiger partial charge in [-0.2, -0.15) is 0 Å². The summed E-state index contributed by atoms with van der Waals surface area (Å²) < 4.78 is 0. The maximum absolute atomic E-state index is 2.43. The lowest BCUT2D eigenvalue weighted by atomic mass is 9.81. The van der Waals surface area contributed by atoms with Gasteiger partial charge in [-0.1, -0.05) is 133 Å². The summed E-state index contributed by atoms with van der Waals surface area (Å²) in [4.78, 5) is 0. The molecule has 0 bridgehead atoms. The number of hydrogen-bond acceptors (Lipinski definition) is 0. The van der Waals surface area contributed by atoms with Gasteiger partial charge in [0, 0.05) is 0 Å². The first-order chi connectivity index (χ1) is 19.9. The lowest BCUT2D eigenvalue weighted by Crippen LogP contribution is -1.96. The van der Waals surface area contributed by atoms with Crippen LogP contribution in [0.3, 0.4) is 0 Å². The summed E-state index contributed by atoms with van der Waals surface area (Å²) in [7, 11) is 0. The molecule has 0 spiro atoms. The van der Waals surface area contributed by atoms with E-state index in [4.69, 9.17) is 0 Å². The largest absolute Gasteiger partial charge is 0.0836 e. The van der Waals surface area contributed by atoms with Gasteiger partial charge in [0.05, 0.1) is 0 Å². The molecule has 0 aliphatic heterocycles. The van der Waals surface area contributed by atoms with Gasteiger partial charge in [-0.05, 0) is 102 Å². The van der Waals surface area contributed by atoms with Crippen molar-refractivity contribution >= 4 is 37.9 Å². The van der Waals surface area contributed by atoms with Crippen LogP contribution in [0.25, 0.3) is 71.3 Å². The van der Waals surface area contributed by atoms with E-state index in [0.717, 1.165) is 12.8 Å². The zero-order valence-electron chi connectivity index (χ0n) is 22.3. The predicted molar refractivity (Wildman–Crippen MR) is 173 cm³/mol. The summed E-state index contributed by atoms with van der Waals surface area (Å²) in [6, 6.07) is 46.9. The van der Waals surface area contributed by atoms with Gasteiger partial charge in [0.2, 0.25) is 0 Å². The molecule has 188 valence electrons. The van der Waals surface area contributed by atoms with Crippen LogP contribution in [0.2, 0.25) is 0 Å². The third-order valence-corrected chi connectivity index (χ3v) is 8.46. The Morgan fingerprint density at radius 3 is 1.18 bits per heavy atom. The Balaban J connectivity index is 1.58. The highest BCUT2D eigenvalue weighted by molar-refractivity contribution is 6.31. The highest BCUT2D eigenvalue weighted by Gasteiger charge is 2.21. The Labute approximate surface area is 234 Å². The van der Waals surface area contributed by atoms with Crippen molar-refractivity contribution in [3.05, 3.63) is 151 Å². The molecule has 0 amide bonds. The lowest BCUT2D eigenvalue weighted by Gasteiger charge is -2.22. The van der Waals surface area contributed by atoms with Crippen LogP contribution in [0.5, 0.6) is 0 Å². The standard InChI is InChI=1S/C40H28/c1-5-13-27(14-6-1)35-25-36(28-15-7-2-8-16-28)32-23-24-34-38(30-19-11-4-12-20-30)26-37(29-17-9-3-10-18-29)33-22-21-31(35)39(32)40(33)34/h1-3,5-11,13-26H,4,12H2. The summed E-state index contributed by atoms with van der Waals surface area (Å²) in [5, 5.41) is 7.98. The molecule has 0 saturated heterocycles. The number of benzene rings is 7. The average Bonchev–Trinajstić information content (AvgIpc) is 3.04. The summed E-state index contributed by atoms with van der Waals surface area (Å²) >= 11 is 0. The second-order valence-electron chi connectivity index (χ2n) is 10.8. The minimum atomic E-state index is 1.09. The average molecular weight is 509 g/mol. The van der Waals surface area contributed by atoms with Crippen LogP contribution < -0.4 is 0 Å². The van der Waals surface area contributed by atoms with Gasteiger partial charge < -0.3 is 0 Å². The zero-order chi connectivity index (χ0) is 26.5. The van der Waals surface area contributed by atoms with Crippen LogP contribution in [-0.4, -0.2) is 0 Å². The molecule has 0 unspecified atom stereocenters. The summed E-state index contributed by atoms with van der Waals surface area (Å²) in [5.74, 6) is 0. The molecule has 0 fully saturated rings. The minimum Gasteiger partial charge on any atom is -0.0836 e. The molecule has 8 rings (SSSR count). The highest BCUT2D eigenvalue weighted by Crippen LogP contribution is 2.47. The Kier molecular flexibility index (Phi) is 5.38. The van der Waals surface area contributed by atoms with E-state index in [1.807, 2.05) is 0 Å². The molecule has 7 aromatic carbocycles. The topological polar surface area (TPSA) is 0 Å². The summed E-state index contributed by atoms with van der Waals surface area (Å²) in [6.07, 6.45) is 9.24. The van der Waals surface area contributed by atoms with Gasteiger partial charge >= 0.3 is 0 Å². The molecular formula is C40H28. The first kappa shape index (κ1) is 23.0. The normalized spacial score (nSPS) is 13.3. The monoisotopic (exact) mass is 508 g/mol. The molecule has 0 saturated carbocycles. The second-order valence-corrected chi connectivity index (χ2v) is 10.8. The van der Waals surface area contributed by atoms with E-state index in [9.17, 15) is 0 Å².